The van der Waals surface area contributed by atoms with Crippen LogP contribution in [0.2, 0.25) is 0 Å². The third-order valence-corrected chi connectivity index (χ3v) is 3.15. The molecular weight excluding hydrogens is 222 g/mol. The molecular formula is C8H7NO3S2. The number of fused-ring (bicyclic) bond motifs is 1. The van der Waals surface area contributed by atoms with Crippen LogP contribution in [0, 0.1) is 6.92 Å². The fraction of sp³-hybridized carbons (Fsp3) is 0.125. The van der Waals surface area contributed by atoms with Crippen molar-refractivity contribution in [3.05, 3.63) is 23.2 Å². The first-order valence-electron chi connectivity index (χ1n) is 3.81. The maximum atomic E-state index is 7.99. The van der Waals surface area contributed by atoms with Gasteiger partial charge in [-0.1, -0.05) is 5.04 Å². The average molecular weight is 229 g/mol. The van der Waals surface area contributed by atoms with E-state index in [1.165, 1.54) is 0 Å². The first-order chi connectivity index (χ1) is 6.79. The Morgan fingerprint density at radius 2 is 2.36 bits per heavy atom. The lowest BCUT2D eigenvalue weighted by atomic mass is 10.3. The van der Waals surface area contributed by atoms with E-state index in [-0.39, 0.29) is 0 Å². The van der Waals surface area contributed by atoms with E-state index in [4.69, 9.17) is 5.26 Å². The zero-order chi connectivity index (χ0) is 9.97. The minimum Gasteiger partial charge on any atom is -0.241 e. The van der Waals surface area contributed by atoms with Crippen LogP contribution in [0.3, 0.4) is 0 Å². The number of aromatic nitrogens is 1. The predicted octanol–water partition coefficient (Wildman–Crippen LogP) is 3.03. The quantitative estimate of drug-likeness (QED) is 0.498. The highest BCUT2D eigenvalue weighted by Gasteiger charge is 2.02. The first-order valence-corrected chi connectivity index (χ1v) is 5.37. The molecule has 0 saturated heterocycles. The van der Waals surface area contributed by atoms with Crippen LogP contribution in [-0.4, -0.2) is 10.2 Å². The van der Waals surface area contributed by atoms with Crippen LogP contribution < -0.4 is 0 Å². The van der Waals surface area contributed by atoms with Crippen molar-refractivity contribution in [1.82, 2.24) is 4.98 Å². The van der Waals surface area contributed by atoms with Crippen LogP contribution in [0.15, 0.2) is 23.1 Å². The Balaban J connectivity index is 2.31. The monoisotopic (exact) mass is 229 g/mol. The normalized spacial score (nSPS) is 11.0. The standard InChI is InChI=1S/C8H7NO3S2/c1-5-9-7-4-6(14-12-11-10)2-3-8(7)13-5/h2-4,10H,1H3. The first kappa shape index (κ1) is 9.88. The van der Waals surface area contributed by atoms with Gasteiger partial charge in [-0.3, -0.25) is 0 Å². The van der Waals surface area contributed by atoms with E-state index >= 15 is 0 Å². The molecule has 0 amide bonds. The lowest BCUT2D eigenvalue weighted by Gasteiger charge is -1.96. The Hall–Kier alpha value is -0.660. The largest absolute Gasteiger partial charge is 0.241 e. The van der Waals surface area contributed by atoms with Gasteiger partial charge in [-0.25, -0.2) is 10.2 Å². The molecule has 1 aromatic heterocycles. The fourth-order valence-corrected chi connectivity index (χ4v) is 2.33. The lowest BCUT2D eigenvalue weighted by Crippen LogP contribution is -1.78. The minimum atomic E-state index is 0.830. The lowest BCUT2D eigenvalue weighted by molar-refractivity contribution is -0.432. The number of aryl methyl sites for hydroxylation is 1. The van der Waals surface area contributed by atoms with Gasteiger partial charge < -0.3 is 0 Å². The smallest absolute Gasteiger partial charge is 0.0907 e. The molecule has 0 spiro atoms. The van der Waals surface area contributed by atoms with Gasteiger partial charge in [0.2, 0.25) is 0 Å². The van der Waals surface area contributed by atoms with Crippen molar-refractivity contribution in [2.45, 2.75) is 11.8 Å². The average Bonchev–Trinajstić information content (AvgIpc) is 2.54. The van der Waals surface area contributed by atoms with Crippen LogP contribution in [0.4, 0.5) is 0 Å². The molecule has 1 heterocycles. The second-order valence-corrected chi connectivity index (χ2v) is 4.60. The number of rotatable bonds is 3. The van der Waals surface area contributed by atoms with Crippen molar-refractivity contribution in [3.63, 3.8) is 0 Å². The van der Waals surface area contributed by atoms with Crippen molar-refractivity contribution in [2.75, 3.05) is 0 Å². The van der Waals surface area contributed by atoms with Crippen LogP contribution >= 0.6 is 23.4 Å². The molecule has 2 rings (SSSR count). The third-order valence-electron chi connectivity index (χ3n) is 1.63. The summed E-state index contributed by atoms with van der Waals surface area (Å²) in [5.74, 6) is 0. The Labute approximate surface area is 88.6 Å². The number of thiazole rings is 1. The summed E-state index contributed by atoms with van der Waals surface area (Å²) < 4.78 is 5.46. The SMILES string of the molecule is Cc1nc2cc(SOOO)ccc2s1. The number of hydrogen-bond donors (Lipinski definition) is 1. The highest BCUT2D eigenvalue weighted by molar-refractivity contribution is 7.94. The zero-order valence-corrected chi connectivity index (χ0v) is 8.89. The van der Waals surface area contributed by atoms with Gasteiger partial charge in [0.25, 0.3) is 0 Å². The van der Waals surface area contributed by atoms with Gasteiger partial charge in [0.1, 0.15) is 0 Å². The van der Waals surface area contributed by atoms with E-state index in [1.807, 2.05) is 25.1 Å². The fourth-order valence-electron chi connectivity index (χ4n) is 1.13. The molecule has 14 heavy (non-hydrogen) atoms. The molecule has 0 aliphatic rings. The molecule has 1 N–H and O–H groups in total. The molecule has 0 aliphatic heterocycles. The van der Waals surface area contributed by atoms with Crippen LogP contribution in [0.25, 0.3) is 10.2 Å². The van der Waals surface area contributed by atoms with Crippen molar-refractivity contribution >= 4 is 33.6 Å². The molecule has 6 heteroatoms. The summed E-state index contributed by atoms with van der Waals surface area (Å²) in [5, 5.41) is 12.5. The third kappa shape index (κ3) is 2.05. The molecule has 0 bridgehead atoms. The van der Waals surface area contributed by atoms with Crippen LogP contribution in [0.1, 0.15) is 5.01 Å². The van der Waals surface area contributed by atoms with Crippen LogP contribution in [-0.2, 0) is 9.37 Å². The van der Waals surface area contributed by atoms with E-state index in [2.05, 4.69) is 14.4 Å². The summed E-state index contributed by atoms with van der Waals surface area (Å²) >= 11 is 2.58. The Morgan fingerprint density at radius 3 is 3.14 bits per heavy atom. The zero-order valence-electron chi connectivity index (χ0n) is 7.26. The number of nitrogens with zero attached hydrogens (tertiary/aromatic N) is 1. The van der Waals surface area contributed by atoms with Crippen molar-refractivity contribution in [3.8, 4) is 0 Å². The molecule has 1 aromatic carbocycles. The van der Waals surface area contributed by atoms with E-state index < -0.39 is 0 Å². The van der Waals surface area contributed by atoms with E-state index in [9.17, 15) is 0 Å². The molecule has 0 fully saturated rings. The summed E-state index contributed by atoms with van der Waals surface area (Å²) in [6.45, 7) is 1.96. The maximum absolute atomic E-state index is 7.99. The van der Waals surface area contributed by atoms with E-state index in [1.54, 1.807) is 11.3 Å². The van der Waals surface area contributed by atoms with Crippen molar-refractivity contribution < 1.29 is 14.6 Å². The highest BCUT2D eigenvalue weighted by atomic mass is 32.2. The van der Waals surface area contributed by atoms with Gasteiger partial charge in [-0.2, -0.15) is 0 Å². The summed E-state index contributed by atoms with van der Waals surface area (Å²) in [4.78, 5) is 5.16. The maximum Gasteiger partial charge on any atom is 0.0907 e. The molecule has 0 aliphatic carbocycles. The number of hydrogen-bond acceptors (Lipinski definition) is 6. The molecule has 74 valence electrons. The molecule has 4 nitrogen and oxygen atoms in total. The topological polar surface area (TPSA) is 51.6 Å². The second-order valence-electron chi connectivity index (χ2n) is 2.59. The molecule has 0 atom stereocenters. The van der Waals surface area contributed by atoms with Gasteiger partial charge >= 0.3 is 0 Å². The highest BCUT2D eigenvalue weighted by Crippen LogP contribution is 2.27. The second kappa shape index (κ2) is 4.24. The predicted molar refractivity (Wildman–Crippen MR) is 55.0 cm³/mol. The molecule has 0 unspecified atom stereocenters. The van der Waals surface area contributed by atoms with Crippen molar-refractivity contribution in [2.24, 2.45) is 0 Å². The molecule has 0 radical (unpaired) electrons. The van der Waals surface area contributed by atoms with Gasteiger partial charge in [0, 0.05) is 4.90 Å². The van der Waals surface area contributed by atoms with Crippen LogP contribution in [0.5, 0.6) is 0 Å². The van der Waals surface area contributed by atoms with Gasteiger partial charge in [0.05, 0.1) is 27.3 Å². The minimum absolute atomic E-state index is 0.830. The summed E-state index contributed by atoms with van der Waals surface area (Å²) in [6.07, 6.45) is 0. The van der Waals surface area contributed by atoms with E-state index in [0.717, 1.165) is 32.2 Å². The van der Waals surface area contributed by atoms with Gasteiger partial charge in [0.15, 0.2) is 0 Å². The Morgan fingerprint density at radius 1 is 1.50 bits per heavy atom. The Kier molecular flexibility index (Phi) is 2.99. The molecule has 0 saturated carbocycles. The summed E-state index contributed by atoms with van der Waals surface area (Å²) in [5.41, 5.74) is 0.930. The van der Waals surface area contributed by atoms with Gasteiger partial charge in [-0.15, -0.1) is 15.7 Å². The summed E-state index contributed by atoms with van der Waals surface area (Å²) in [7, 11) is 0. The Bertz CT molecular complexity index is 443. The number of benzene rings is 1. The van der Waals surface area contributed by atoms with Crippen molar-refractivity contribution in [1.29, 1.82) is 0 Å². The molecule has 2 aromatic rings. The van der Waals surface area contributed by atoms with Gasteiger partial charge in [-0.05, 0) is 25.1 Å². The summed E-state index contributed by atoms with van der Waals surface area (Å²) in [6, 6.07) is 5.72. The van der Waals surface area contributed by atoms with E-state index in [0.29, 0.717) is 0 Å².